The van der Waals surface area contributed by atoms with Crippen LogP contribution >= 0.6 is 11.6 Å². The van der Waals surface area contributed by atoms with Crippen LogP contribution in [-0.4, -0.2) is 25.7 Å². The number of carbonyl (C=O) groups is 1. The maximum absolute atomic E-state index is 11.3. The second-order valence-corrected chi connectivity index (χ2v) is 6.58. The van der Waals surface area contributed by atoms with Crippen molar-refractivity contribution < 1.29 is 18.3 Å². The fraction of sp³-hybridized carbons (Fsp3) is 0.0714. The second kappa shape index (κ2) is 5.75. The zero-order chi connectivity index (χ0) is 15.6. The van der Waals surface area contributed by atoms with Crippen LogP contribution in [0.3, 0.4) is 0 Å². The van der Waals surface area contributed by atoms with Gasteiger partial charge in [-0.2, -0.15) is 0 Å². The monoisotopic (exact) mass is 325 g/mol. The molecule has 2 aromatic carbocycles. The number of hydrogen-bond donors (Lipinski definition) is 2. The van der Waals surface area contributed by atoms with Crippen LogP contribution < -0.4 is 4.72 Å². The van der Waals surface area contributed by atoms with Crippen molar-refractivity contribution in [3.63, 3.8) is 0 Å². The molecular weight excluding hydrogens is 314 g/mol. The maximum atomic E-state index is 11.3. The van der Waals surface area contributed by atoms with Crippen LogP contribution in [0.5, 0.6) is 0 Å². The van der Waals surface area contributed by atoms with E-state index in [0.29, 0.717) is 16.8 Å². The number of halogens is 1. The lowest BCUT2D eigenvalue weighted by Crippen LogP contribution is -2.09. The van der Waals surface area contributed by atoms with E-state index in [9.17, 15) is 18.3 Å². The number of anilines is 1. The molecule has 2 aromatic rings. The van der Waals surface area contributed by atoms with Crippen molar-refractivity contribution >= 4 is 33.3 Å². The van der Waals surface area contributed by atoms with Gasteiger partial charge in [0.25, 0.3) is 0 Å². The van der Waals surface area contributed by atoms with Gasteiger partial charge in [-0.3, -0.25) is 4.72 Å². The van der Waals surface area contributed by atoms with Crippen molar-refractivity contribution in [3.05, 3.63) is 53.1 Å². The van der Waals surface area contributed by atoms with E-state index in [4.69, 9.17) is 11.6 Å². The molecule has 0 saturated carbocycles. The molecule has 0 aliphatic rings. The van der Waals surface area contributed by atoms with E-state index in [2.05, 4.69) is 4.72 Å². The third-order valence-electron chi connectivity index (χ3n) is 2.70. The smallest absolute Gasteiger partial charge is 0.337 e. The lowest BCUT2D eigenvalue weighted by Gasteiger charge is -2.10. The number of rotatable bonds is 4. The molecule has 5 nitrogen and oxygen atoms in total. The Morgan fingerprint density at radius 3 is 2.48 bits per heavy atom. The topological polar surface area (TPSA) is 83.5 Å². The van der Waals surface area contributed by atoms with Crippen LogP contribution in [0.15, 0.2) is 42.5 Å². The third-order valence-corrected chi connectivity index (χ3v) is 3.63. The Morgan fingerprint density at radius 1 is 1.19 bits per heavy atom. The van der Waals surface area contributed by atoms with Crippen LogP contribution in [0.4, 0.5) is 5.69 Å². The average molecular weight is 326 g/mol. The van der Waals surface area contributed by atoms with Gasteiger partial charge in [-0.15, -0.1) is 0 Å². The molecule has 2 N–H and O–H groups in total. The SMILES string of the molecule is CS(=O)(=O)Nc1cccc(-c2cccc(Cl)c2C(=O)O)c1. The Balaban J connectivity index is 2.56. The van der Waals surface area contributed by atoms with Gasteiger partial charge in [0, 0.05) is 5.69 Å². The molecule has 0 bridgehead atoms. The predicted molar refractivity (Wildman–Crippen MR) is 82.3 cm³/mol. The first-order chi connectivity index (χ1) is 9.78. The Hall–Kier alpha value is -2.05. The lowest BCUT2D eigenvalue weighted by molar-refractivity contribution is 0.0698. The zero-order valence-electron chi connectivity index (χ0n) is 11.0. The predicted octanol–water partition coefficient (Wildman–Crippen LogP) is 3.08. The van der Waals surface area contributed by atoms with Crippen molar-refractivity contribution in [1.82, 2.24) is 0 Å². The molecule has 110 valence electrons. The molecule has 0 aliphatic carbocycles. The highest BCUT2D eigenvalue weighted by Crippen LogP contribution is 2.30. The minimum Gasteiger partial charge on any atom is -0.478 e. The minimum absolute atomic E-state index is 0.0179. The van der Waals surface area contributed by atoms with E-state index in [1.807, 2.05) is 0 Å². The van der Waals surface area contributed by atoms with Gasteiger partial charge in [-0.05, 0) is 29.3 Å². The van der Waals surface area contributed by atoms with Crippen LogP contribution in [0.2, 0.25) is 5.02 Å². The Labute approximate surface area is 127 Å². The van der Waals surface area contributed by atoms with Gasteiger partial charge < -0.3 is 5.11 Å². The molecule has 0 heterocycles. The Morgan fingerprint density at radius 2 is 1.86 bits per heavy atom. The van der Waals surface area contributed by atoms with Gasteiger partial charge in [-0.1, -0.05) is 35.9 Å². The van der Waals surface area contributed by atoms with Crippen LogP contribution in [0, 0.1) is 0 Å². The van der Waals surface area contributed by atoms with Crippen molar-refractivity contribution in [3.8, 4) is 11.1 Å². The Bertz CT molecular complexity index is 802. The van der Waals surface area contributed by atoms with Crippen molar-refractivity contribution in [2.45, 2.75) is 0 Å². The first kappa shape index (κ1) is 15.3. The first-order valence-electron chi connectivity index (χ1n) is 5.88. The van der Waals surface area contributed by atoms with Crippen LogP contribution in [0.1, 0.15) is 10.4 Å². The summed E-state index contributed by atoms with van der Waals surface area (Å²) in [5.41, 5.74) is 1.32. The molecule has 7 heteroatoms. The normalized spacial score (nSPS) is 11.1. The summed E-state index contributed by atoms with van der Waals surface area (Å²) in [5, 5.41) is 9.39. The molecule has 0 amide bonds. The molecule has 0 aliphatic heterocycles. The number of hydrogen-bond acceptors (Lipinski definition) is 3. The van der Waals surface area contributed by atoms with E-state index in [0.717, 1.165) is 6.26 Å². The van der Waals surface area contributed by atoms with Crippen molar-refractivity contribution in [1.29, 1.82) is 0 Å². The minimum atomic E-state index is -3.40. The molecular formula is C14H12ClNO4S. The molecule has 0 radical (unpaired) electrons. The summed E-state index contributed by atoms with van der Waals surface area (Å²) < 4.78 is 24.8. The van der Waals surface area contributed by atoms with E-state index < -0.39 is 16.0 Å². The summed E-state index contributed by atoms with van der Waals surface area (Å²) >= 11 is 5.93. The van der Waals surface area contributed by atoms with Gasteiger partial charge in [0.1, 0.15) is 0 Å². The van der Waals surface area contributed by atoms with E-state index in [1.165, 1.54) is 6.07 Å². The zero-order valence-corrected chi connectivity index (χ0v) is 12.6. The summed E-state index contributed by atoms with van der Waals surface area (Å²) in [5.74, 6) is -1.14. The summed E-state index contributed by atoms with van der Waals surface area (Å²) in [7, 11) is -3.40. The fourth-order valence-corrected chi connectivity index (χ4v) is 2.76. The van der Waals surface area contributed by atoms with Crippen molar-refractivity contribution in [2.24, 2.45) is 0 Å². The van der Waals surface area contributed by atoms with Gasteiger partial charge in [0.2, 0.25) is 10.0 Å². The maximum Gasteiger partial charge on any atom is 0.337 e. The highest BCUT2D eigenvalue weighted by molar-refractivity contribution is 7.92. The number of aromatic carboxylic acids is 1. The van der Waals surface area contributed by atoms with E-state index >= 15 is 0 Å². The standard InChI is InChI=1S/C14H12ClNO4S/c1-21(19,20)16-10-5-2-4-9(8-10)11-6-3-7-12(15)13(11)14(17)18/h2-8,16H,1H3,(H,17,18). The molecule has 0 unspecified atom stereocenters. The highest BCUT2D eigenvalue weighted by Gasteiger charge is 2.16. The number of sulfonamides is 1. The number of carboxylic acid groups (broad SMARTS) is 1. The average Bonchev–Trinajstić information content (AvgIpc) is 2.36. The molecule has 0 atom stereocenters. The van der Waals surface area contributed by atoms with Gasteiger partial charge in [0.15, 0.2) is 0 Å². The van der Waals surface area contributed by atoms with Gasteiger partial charge in [-0.25, -0.2) is 13.2 Å². The summed E-state index contributed by atoms with van der Waals surface area (Å²) in [4.78, 5) is 11.3. The molecule has 2 rings (SSSR count). The summed E-state index contributed by atoms with van der Waals surface area (Å²) in [6.07, 6.45) is 1.04. The molecule has 0 spiro atoms. The van der Waals surface area contributed by atoms with E-state index in [1.54, 1.807) is 36.4 Å². The molecule has 0 fully saturated rings. The molecule has 0 saturated heterocycles. The Kier molecular flexibility index (Phi) is 4.20. The number of nitrogens with one attached hydrogen (secondary N) is 1. The third kappa shape index (κ3) is 3.74. The lowest BCUT2D eigenvalue weighted by atomic mass is 9.99. The van der Waals surface area contributed by atoms with Gasteiger partial charge in [0.05, 0.1) is 16.8 Å². The van der Waals surface area contributed by atoms with Crippen molar-refractivity contribution in [2.75, 3.05) is 11.0 Å². The largest absolute Gasteiger partial charge is 0.478 e. The molecule has 21 heavy (non-hydrogen) atoms. The second-order valence-electron chi connectivity index (χ2n) is 4.42. The first-order valence-corrected chi connectivity index (χ1v) is 8.15. The number of benzene rings is 2. The quantitative estimate of drug-likeness (QED) is 0.904. The molecule has 0 aromatic heterocycles. The highest BCUT2D eigenvalue weighted by atomic mass is 35.5. The van der Waals surface area contributed by atoms with Gasteiger partial charge >= 0.3 is 5.97 Å². The number of carboxylic acids is 1. The van der Waals surface area contributed by atoms with E-state index in [-0.39, 0.29) is 10.6 Å². The summed E-state index contributed by atoms with van der Waals surface area (Å²) in [6, 6.07) is 11.2. The fourth-order valence-electron chi connectivity index (χ4n) is 1.95. The summed E-state index contributed by atoms with van der Waals surface area (Å²) in [6.45, 7) is 0. The van der Waals surface area contributed by atoms with Crippen LogP contribution in [0.25, 0.3) is 11.1 Å². The van der Waals surface area contributed by atoms with Crippen LogP contribution in [-0.2, 0) is 10.0 Å².